The Hall–Kier alpha value is -1.13. The van der Waals surface area contributed by atoms with Crippen molar-refractivity contribution in [1.29, 1.82) is 0 Å². The van der Waals surface area contributed by atoms with E-state index in [1.165, 1.54) is 24.3 Å². The monoisotopic (exact) mass is 247 g/mol. The van der Waals surface area contributed by atoms with E-state index in [9.17, 15) is 0 Å². The Bertz CT molecular complexity index is 393. The second-order valence-electron chi connectivity index (χ2n) is 4.61. The number of aromatic nitrogens is 2. The smallest absolute Gasteiger partial charge is 0.0946 e. The third kappa shape index (κ3) is 2.58. The van der Waals surface area contributed by atoms with E-state index in [4.69, 9.17) is 0 Å². The van der Waals surface area contributed by atoms with Gasteiger partial charge in [-0.2, -0.15) is 0 Å². The Morgan fingerprint density at radius 3 is 3.24 bits per heavy atom. The number of imidazole rings is 1. The van der Waals surface area contributed by atoms with E-state index in [2.05, 4.69) is 38.2 Å². The van der Waals surface area contributed by atoms with E-state index in [0.717, 1.165) is 13.1 Å². The maximum atomic E-state index is 4.11. The average molecular weight is 247 g/mol. The van der Waals surface area contributed by atoms with Gasteiger partial charge in [-0.05, 0) is 30.8 Å². The molecule has 3 nitrogen and oxygen atoms in total. The van der Waals surface area contributed by atoms with Gasteiger partial charge < -0.3 is 4.57 Å². The molecule has 17 heavy (non-hydrogen) atoms. The minimum absolute atomic E-state index is 0.672. The van der Waals surface area contributed by atoms with Crippen molar-refractivity contribution < 1.29 is 0 Å². The number of hydrogen-bond donors (Lipinski definition) is 0. The molecule has 1 fully saturated rings. The molecule has 1 saturated heterocycles. The van der Waals surface area contributed by atoms with Gasteiger partial charge in [-0.1, -0.05) is 6.07 Å². The van der Waals surface area contributed by atoms with Crippen molar-refractivity contribution in [3.63, 3.8) is 0 Å². The first-order chi connectivity index (χ1) is 8.42. The molecule has 1 aliphatic rings. The molecule has 0 bridgehead atoms. The summed E-state index contributed by atoms with van der Waals surface area (Å²) in [4.78, 5) is 8.19. The zero-order chi connectivity index (χ0) is 11.5. The number of nitrogens with zero attached hydrogens (tertiary/aromatic N) is 3. The summed E-state index contributed by atoms with van der Waals surface area (Å²) in [6, 6.07) is 5.05. The largest absolute Gasteiger partial charge is 0.336 e. The Morgan fingerprint density at radius 2 is 2.47 bits per heavy atom. The van der Waals surface area contributed by atoms with Gasteiger partial charge >= 0.3 is 0 Å². The molecule has 3 heterocycles. The van der Waals surface area contributed by atoms with Crippen LogP contribution in [0.2, 0.25) is 0 Å². The molecule has 0 saturated carbocycles. The van der Waals surface area contributed by atoms with Crippen LogP contribution in [0.15, 0.2) is 36.2 Å². The zero-order valence-corrected chi connectivity index (χ0v) is 10.6. The topological polar surface area (TPSA) is 21.1 Å². The molecule has 2 aromatic rings. The van der Waals surface area contributed by atoms with Crippen LogP contribution in [-0.2, 0) is 13.1 Å². The van der Waals surface area contributed by atoms with Crippen molar-refractivity contribution in [3.8, 4) is 0 Å². The highest BCUT2D eigenvalue weighted by Gasteiger charge is 2.24. The first-order valence-corrected chi connectivity index (χ1v) is 7.02. The molecule has 90 valence electrons. The standard InChI is InChI=1S/C13H17N3S/c1-3-12(9-15-7-5-14-11-15)16(6-1)10-13-4-2-8-17-13/h2,4-5,7-8,11-12H,1,3,6,9-10H2. The Labute approximate surface area is 106 Å². The fraction of sp³-hybridized carbons (Fsp3) is 0.462. The molecular weight excluding hydrogens is 230 g/mol. The summed E-state index contributed by atoms with van der Waals surface area (Å²) in [5.41, 5.74) is 0. The lowest BCUT2D eigenvalue weighted by Crippen LogP contribution is -2.31. The van der Waals surface area contributed by atoms with Crippen molar-refractivity contribution in [2.24, 2.45) is 0 Å². The van der Waals surface area contributed by atoms with Crippen molar-refractivity contribution in [3.05, 3.63) is 41.1 Å². The van der Waals surface area contributed by atoms with Crippen LogP contribution in [-0.4, -0.2) is 27.0 Å². The summed E-state index contributed by atoms with van der Waals surface area (Å²) in [7, 11) is 0. The Kier molecular flexibility index (Phi) is 3.25. The molecule has 0 spiro atoms. The molecule has 2 aromatic heterocycles. The molecule has 0 aromatic carbocycles. The maximum Gasteiger partial charge on any atom is 0.0946 e. The third-order valence-corrected chi connectivity index (χ3v) is 4.28. The molecule has 0 N–H and O–H groups in total. The highest BCUT2D eigenvalue weighted by atomic mass is 32.1. The molecule has 1 atom stereocenters. The fourth-order valence-electron chi connectivity index (χ4n) is 2.55. The van der Waals surface area contributed by atoms with Gasteiger partial charge in [-0.3, -0.25) is 4.90 Å². The molecule has 0 aliphatic carbocycles. The van der Waals surface area contributed by atoms with Gasteiger partial charge in [0, 0.05) is 36.4 Å². The van der Waals surface area contributed by atoms with Crippen LogP contribution in [0, 0.1) is 0 Å². The SMILES string of the molecule is c1csc(CN2CCCC2Cn2ccnc2)c1. The highest BCUT2D eigenvalue weighted by molar-refractivity contribution is 7.09. The van der Waals surface area contributed by atoms with Crippen molar-refractivity contribution >= 4 is 11.3 Å². The molecular formula is C13H17N3S. The lowest BCUT2D eigenvalue weighted by molar-refractivity contribution is 0.226. The average Bonchev–Trinajstić information content (AvgIpc) is 3.04. The second-order valence-corrected chi connectivity index (χ2v) is 5.64. The van der Waals surface area contributed by atoms with Gasteiger partial charge in [0.25, 0.3) is 0 Å². The van der Waals surface area contributed by atoms with E-state index in [0.29, 0.717) is 6.04 Å². The van der Waals surface area contributed by atoms with E-state index < -0.39 is 0 Å². The van der Waals surface area contributed by atoms with Crippen molar-refractivity contribution in [2.75, 3.05) is 6.54 Å². The van der Waals surface area contributed by atoms with E-state index >= 15 is 0 Å². The predicted octanol–water partition coefficient (Wildman–Crippen LogP) is 2.61. The van der Waals surface area contributed by atoms with Crippen LogP contribution in [0.25, 0.3) is 0 Å². The summed E-state index contributed by atoms with van der Waals surface area (Å²) in [6.45, 7) is 3.42. The minimum Gasteiger partial charge on any atom is -0.336 e. The normalized spacial score (nSPS) is 21.1. The second kappa shape index (κ2) is 5.02. The summed E-state index contributed by atoms with van der Waals surface area (Å²) in [6.07, 6.45) is 8.47. The van der Waals surface area contributed by atoms with Crippen molar-refractivity contribution in [1.82, 2.24) is 14.5 Å². The van der Waals surface area contributed by atoms with Crippen molar-refractivity contribution in [2.45, 2.75) is 32.0 Å². The van der Waals surface area contributed by atoms with Gasteiger partial charge in [0.15, 0.2) is 0 Å². The molecule has 0 radical (unpaired) electrons. The fourth-order valence-corrected chi connectivity index (χ4v) is 3.28. The molecule has 0 amide bonds. The first-order valence-electron chi connectivity index (χ1n) is 6.14. The zero-order valence-electron chi connectivity index (χ0n) is 9.83. The van der Waals surface area contributed by atoms with E-state index in [1.54, 1.807) is 0 Å². The van der Waals surface area contributed by atoms with Gasteiger partial charge in [0.05, 0.1) is 6.33 Å². The minimum atomic E-state index is 0.672. The number of rotatable bonds is 4. The number of likely N-dealkylation sites (tertiary alicyclic amines) is 1. The molecule has 1 unspecified atom stereocenters. The lowest BCUT2D eigenvalue weighted by Gasteiger charge is -2.24. The van der Waals surface area contributed by atoms with Gasteiger partial charge in [-0.15, -0.1) is 11.3 Å². The van der Waals surface area contributed by atoms with Crippen LogP contribution in [0.1, 0.15) is 17.7 Å². The lowest BCUT2D eigenvalue weighted by atomic mass is 10.2. The molecule has 3 rings (SSSR count). The Morgan fingerprint density at radius 1 is 1.47 bits per heavy atom. The van der Waals surface area contributed by atoms with Crippen LogP contribution >= 0.6 is 11.3 Å². The summed E-state index contributed by atoms with van der Waals surface area (Å²) in [5.74, 6) is 0. The maximum absolute atomic E-state index is 4.11. The van der Waals surface area contributed by atoms with Crippen LogP contribution in [0.3, 0.4) is 0 Å². The van der Waals surface area contributed by atoms with Gasteiger partial charge in [-0.25, -0.2) is 4.98 Å². The van der Waals surface area contributed by atoms with Gasteiger partial charge in [0.1, 0.15) is 0 Å². The summed E-state index contributed by atoms with van der Waals surface area (Å²) >= 11 is 1.86. The predicted molar refractivity (Wildman–Crippen MR) is 70.0 cm³/mol. The first kappa shape index (κ1) is 11.0. The van der Waals surface area contributed by atoms with Crippen LogP contribution < -0.4 is 0 Å². The highest BCUT2D eigenvalue weighted by Crippen LogP contribution is 2.23. The van der Waals surface area contributed by atoms with E-state index in [1.807, 2.05) is 23.9 Å². The Balaban J connectivity index is 1.63. The number of hydrogen-bond acceptors (Lipinski definition) is 3. The quantitative estimate of drug-likeness (QED) is 0.828. The van der Waals surface area contributed by atoms with Crippen LogP contribution in [0.4, 0.5) is 0 Å². The third-order valence-electron chi connectivity index (χ3n) is 3.42. The molecule has 1 aliphatic heterocycles. The summed E-state index contributed by atoms with van der Waals surface area (Å²) in [5, 5.41) is 2.16. The number of thiophene rings is 1. The summed E-state index contributed by atoms with van der Waals surface area (Å²) < 4.78 is 2.19. The van der Waals surface area contributed by atoms with E-state index in [-0.39, 0.29) is 0 Å². The van der Waals surface area contributed by atoms with Gasteiger partial charge in [0.2, 0.25) is 0 Å². The molecule has 4 heteroatoms. The van der Waals surface area contributed by atoms with Crippen LogP contribution in [0.5, 0.6) is 0 Å².